The second kappa shape index (κ2) is 7.36. The van der Waals surface area contributed by atoms with E-state index in [2.05, 4.69) is 6.92 Å². The number of hydrogen-bond acceptors (Lipinski definition) is 4. The van der Waals surface area contributed by atoms with Crippen molar-refractivity contribution in [3.63, 3.8) is 0 Å². The fourth-order valence-electron chi connectivity index (χ4n) is 2.79. The number of unbranched alkanes of at least 4 members (excludes halogenated alkanes) is 5. The van der Waals surface area contributed by atoms with Crippen LogP contribution >= 0.6 is 0 Å². The van der Waals surface area contributed by atoms with Gasteiger partial charge in [-0.1, -0.05) is 39.0 Å². The maximum atomic E-state index is 11.5. The van der Waals surface area contributed by atoms with E-state index in [1.807, 2.05) is 12.1 Å². The average Bonchev–Trinajstić information content (AvgIpc) is 3.01. The summed E-state index contributed by atoms with van der Waals surface area (Å²) in [5, 5.41) is 1.79. The molecule has 0 bridgehead atoms. The van der Waals surface area contributed by atoms with Crippen LogP contribution in [0.5, 0.6) is 5.75 Å². The van der Waals surface area contributed by atoms with Gasteiger partial charge >= 0.3 is 5.63 Å². The van der Waals surface area contributed by atoms with Crippen LogP contribution in [0.2, 0.25) is 0 Å². The van der Waals surface area contributed by atoms with Crippen molar-refractivity contribution in [2.45, 2.75) is 45.4 Å². The van der Waals surface area contributed by atoms with Gasteiger partial charge in [0.05, 0.1) is 12.9 Å². The van der Waals surface area contributed by atoms with E-state index >= 15 is 0 Å². The predicted octanol–water partition coefficient (Wildman–Crippen LogP) is 5.28. The largest absolute Gasteiger partial charge is 0.486 e. The Labute approximate surface area is 135 Å². The van der Waals surface area contributed by atoms with E-state index in [9.17, 15) is 4.79 Å². The number of ether oxygens (including phenoxy) is 1. The van der Waals surface area contributed by atoms with Crippen LogP contribution in [0.3, 0.4) is 0 Å². The smallest absolute Gasteiger partial charge is 0.336 e. The van der Waals surface area contributed by atoms with Crippen LogP contribution in [0.4, 0.5) is 0 Å². The lowest BCUT2D eigenvalue weighted by Gasteiger charge is -2.09. The molecule has 0 atom stereocenters. The highest BCUT2D eigenvalue weighted by Crippen LogP contribution is 2.35. The Kier molecular flexibility index (Phi) is 5.01. The molecule has 4 nitrogen and oxygen atoms in total. The first kappa shape index (κ1) is 15.7. The van der Waals surface area contributed by atoms with Crippen molar-refractivity contribution in [2.75, 3.05) is 6.61 Å². The van der Waals surface area contributed by atoms with E-state index in [-0.39, 0.29) is 5.63 Å². The van der Waals surface area contributed by atoms with Crippen molar-refractivity contribution in [3.8, 4) is 5.75 Å². The predicted molar refractivity (Wildman–Crippen MR) is 91.1 cm³/mol. The molecular formula is C19H22O4. The monoisotopic (exact) mass is 314 g/mol. The van der Waals surface area contributed by atoms with Crippen LogP contribution in [0.1, 0.15) is 45.4 Å². The highest BCUT2D eigenvalue weighted by molar-refractivity contribution is 5.99. The lowest BCUT2D eigenvalue weighted by atomic mass is 10.1. The van der Waals surface area contributed by atoms with E-state index in [4.69, 9.17) is 13.6 Å². The molecule has 0 N–H and O–H groups in total. The Morgan fingerprint density at radius 2 is 1.74 bits per heavy atom. The lowest BCUT2D eigenvalue weighted by Crippen LogP contribution is -2.01. The average molecular weight is 314 g/mol. The Balaban J connectivity index is 1.76. The second-order valence-corrected chi connectivity index (χ2v) is 5.83. The molecule has 0 unspecified atom stereocenters. The van der Waals surface area contributed by atoms with E-state index < -0.39 is 0 Å². The molecule has 1 aromatic carbocycles. The highest BCUT2D eigenvalue weighted by atomic mass is 16.5. The van der Waals surface area contributed by atoms with Gasteiger partial charge in [-0.25, -0.2) is 4.79 Å². The molecule has 122 valence electrons. The summed E-state index contributed by atoms with van der Waals surface area (Å²) >= 11 is 0. The molecule has 0 saturated carbocycles. The molecule has 4 heteroatoms. The summed E-state index contributed by atoms with van der Waals surface area (Å²) in [5.41, 5.74) is 0.719. The number of furan rings is 1. The summed E-state index contributed by atoms with van der Waals surface area (Å²) in [5.74, 6) is 0.536. The van der Waals surface area contributed by atoms with Gasteiger partial charge in [0.2, 0.25) is 5.75 Å². The minimum Gasteiger partial charge on any atom is -0.486 e. The van der Waals surface area contributed by atoms with Gasteiger partial charge < -0.3 is 13.6 Å². The van der Waals surface area contributed by atoms with Gasteiger partial charge in [-0.15, -0.1) is 0 Å². The summed E-state index contributed by atoms with van der Waals surface area (Å²) in [6.07, 6.45) is 8.82. The third kappa shape index (κ3) is 3.58. The SMILES string of the molecule is CCCCCCCCOc1c2occc2cc2ccc(=O)oc12. The summed E-state index contributed by atoms with van der Waals surface area (Å²) in [6, 6.07) is 7.00. The van der Waals surface area contributed by atoms with Gasteiger partial charge in [0, 0.05) is 16.8 Å². The Hall–Kier alpha value is -2.23. The van der Waals surface area contributed by atoms with E-state index in [1.165, 1.54) is 31.7 Å². The van der Waals surface area contributed by atoms with Gasteiger partial charge in [0.25, 0.3) is 0 Å². The molecule has 0 aliphatic heterocycles. The number of benzene rings is 1. The van der Waals surface area contributed by atoms with Crippen LogP contribution < -0.4 is 10.4 Å². The minimum absolute atomic E-state index is 0.382. The van der Waals surface area contributed by atoms with Crippen molar-refractivity contribution >= 4 is 21.9 Å². The Morgan fingerprint density at radius 1 is 0.957 bits per heavy atom. The minimum atomic E-state index is -0.382. The topological polar surface area (TPSA) is 52.6 Å². The molecule has 3 rings (SSSR count). The Bertz CT molecular complexity index is 828. The lowest BCUT2D eigenvalue weighted by molar-refractivity contribution is 0.302. The third-order valence-corrected chi connectivity index (χ3v) is 4.03. The normalized spacial score (nSPS) is 11.3. The first-order valence-electron chi connectivity index (χ1n) is 8.36. The van der Waals surface area contributed by atoms with Gasteiger partial charge in [-0.3, -0.25) is 0 Å². The maximum Gasteiger partial charge on any atom is 0.336 e. The fourth-order valence-corrected chi connectivity index (χ4v) is 2.79. The summed E-state index contributed by atoms with van der Waals surface area (Å²) in [6.45, 7) is 2.81. The quantitative estimate of drug-likeness (QED) is 0.419. The zero-order valence-corrected chi connectivity index (χ0v) is 13.5. The van der Waals surface area contributed by atoms with Gasteiger partial charge in [0.1, 0.15) is 0 Å². The van der Waals surface area contributed by atoms with Crippen LogP contribution in [-0.4, -0.2) is 6.61 Å². The standard InChI is InChI=1S/C19H22O4/c1-2-3-4-5-6-7-11-21-19-17-15(10-12-22-17)13-14-8-9-16(20)23-18(14)19/h8-10,12-13H,2-7,11H2,1H3. The van der Waals surface area contributed by atoms with E-state index in [0.717, 1.165) is 23.6 Å². The highest BCUT2D eigenvalue weighted by Gasteiger charge is 2.14. The first-order chi connectivity index (χ1) is 11.3. The molecule has 2 aromatic heterocycles. The van der Waals surface area contributed by atoms with Crippen molar-refractivity contribution in [2.24, 2.45) is 0 Å². The van der Waals surface area contributed by atoms with E-state index in [1.54, 1.807) is 12.3 Å². The molecule has 2 heterocycles. The Morgan fingerprint density at radius 3 is 2.61 bits per heavy atom. The third-order valence-electron chi connectivity index (χ3n) is 4.03. The molecule has 3 aromatic rings. The van der Waals surface area contributed by atoms with Crippen LogP contribution in [0.25, 0.3) is 21.9 Å². The number of hydrogen-bond donors (Lipinski definition) is 0. The second-order valence-electron chi connectivity index (χ2n) is 5.83. The summed E-state index contributed by atoms with van der Waals surface area (Å²) in [7, 11) is 0. The molecule has 0 aliphatic carbocycles. The molecule has 0 aliphatic rings. The first-order valence-corrected chi connectivity index (χ1v) is 8.36. The molecule has 0 spiro atoms. The van der Waals surface area contributed by atoms with Crippen molar-refractivity contribution in [1.29, 1.82) is 0 Å². The van der Waals surface area contributed by atoms with Crippen molar-refractivity contribution in [3.05, 3.63) is 40.9 Å². The summed E-state index contributed by atoms with van der Waals surface area (Å²) in [4.78, 5) is 11.5. The number of fused-ring (bicyclic) bond motifs is 2. The zero-order valence-electron chi connectivity index (χ0n) is 13.5. The fraction of sp³-hybridized carbons (Fsp3) is 0.421. The van der Waals surface area contributed by atoms with Gasteiger partial charge in [-0.2, -0.15) is 0 Å². The van der Waals surface area contributed by atoms with Gasteiger partial charge in [0.15, 0.2) is 11.2 Å². The number of rotatable bonds is 8. The molecule has 0 saturated heterocycles. The van der Waals surface area contributed by atoms with E-state index in [0.29, 0.717) is 23.5 Å². The van der Waals surface area contributed by atoms with Crippen LogP contribution in [0.15, 0.2) is 44.2 Å². The maximum absolute atomic E-state index is 11.5. The van der Waals surface area contributed by atoms with Crippen LogP contribution in [-0.2, 0) is 0 Å². The zero-order chi connectivity index (χ0) is 16.1. The molecule has 0 radical (unpaired) electrons. The summed E-state index contributed by atoms with van der Waals surface area (Å²) < 4.78 is 16.8. The molecular weight excluding hydrogens is 292 g/mol. The molecule has 0 fully saturated rings. The van der Waals surface area contributed by atoms with Crippen molar-refractivity contribution in [1.82, 2.24) is 0 Å². The molecule has 0 amide bonds. The van der Waals surface area contributed by atoms with Crippen molar-refractivity contribution < 1.29 is 13.6 Å². The van der Waals surface area contributed by atoms with Crippen LogP contribution in [0, 0.1) is 0 Å². The van der Waals surface area contributed by atoms with Gasteiger partial charge in [-0.05, 0) is 24.6 Å². The molecule has 23 heavy (non-hydrogen) atoms.